The van der Waals surface area contributed by atoms with Crippen molar-refractivity contribution in [3.05, 3.63) is 88.1 Å². The van der Waals surface area contributed by atoms with Crippen molar-refractivity contribution in [2.75, 3.05) is 6.61 Å². The van der Waals surface area contributed by atoms with Crippen molar-refractivity contribution in [1.82, 2.24) is 9.80 Å². The smallest absolute Gasteiger partial charge is 0.424 e. The van der Waals surface area contributed by atoms with Gasteiger partial charge in [-0.1, -0.05) is 36.9 Å². The lowest BCUT2D eigenvalue weighted by atomic mass is 10.0. The van der Waals surface area contributed by atoms with E-state index >= 15 is 0 Å². The summed E-state index contributed by atoms with van der Waals surface area (Å²) in [6, 6.07) is 11.9. The number of nitrogens with zero attached hydrogens (tertiary/aromatic N) is 3. The van der Waals surface area contributed by atoms with Crippen LogP contribution in [0.3, 0.4) is 0 Å². The van der Waals surface area contributed by atoms with Gasteiger partial charge in [0, 0.05) is 18.6 Å². The quantitative estimate of drug-likeness (QED) is 0.0991. The Kier molecular flexibility index (Phi) is 12.6. The van der Waals surface area contributed by atoms with E-state index in [-0.39, 0.29) is 23.6 Å². The number of imide groups is 2. The number of hydrogen-bond acceptors (Lipinski definition) is 11. The van der Waals surface area contributed by atoms with Gasteiger partial charge in [-0.25, -0.2) is 24.1 Å². The van der Waals surface area contributed by atoms with E-state index in [9.17, 15) is 34.1 Å². The highest BCUT2D eigenvalue weighted by atomic mass is 16.6. The molecule has 0 aliphatic heterocycles. The third-order valence-electron chi connectivity index (χ3n) is 5.74. The lowest BCUT2D eigenvalue weighted by Crippen LogP contribution is -2.55. The first-order chi connectivity index (χ1) is 21.3. The lowest BCUT2D eigenvalue weighted by Gasteiger charge is -2.33. The number of nitro benzene ring substituents is 1. The van der Waals surface area contributed by atoms with E-state index in [1.165, 1.54) is 45.0 Å². The van der Waals surface area contributed by atoms with Crippen LogP contribution in [0.4, 0.5) is 20.1 Å². The highest BCUT2D eigenvalue weighted by molar-refractivity contribution is 6.09. The summed E-state index contributed by atoms with van der Waals surface area (Å²) < 4.78 is 21.2. The van der Waals surface area contributed by atoms with Crippen LogP contribution in [0.2, 0.25) is 0 Å². The van der Waals surface area contributed by atoms with E-state index in [1.54, 1.807) is 58.0 Å². The Morgan fingerprint density at radius 3 is 1.85 bits per heavy atom. The molecule has 2 rings (SSSR count). The largest absolute Gasteiger partial charge is 0.464 e. The Balaban J connectivity index is 2.56. The predicted molar refractivity (Wildman–Crippen MR) is 164 cm³/mol. The van der Waals surface area contributed by atoms with Crippen LogP contribution in [0.1, 0.15) is 59.6 Å². The molecule has 248 valence electrons. The predicted octanol–water partition coefficient (Wildman–Crippen LogP) is 5.92. The van der Waals surface area contributed by atoms with Crippen LogP contribution in [-0.4, -0.2) is 68.7 Å². The molecule has 0 spiro atoms. The van der Waals surface area contributed by atoms with Crippen molar-refractivity contribution in [2.45, 2.75) is 78.7 Å². The number of esters is 1. The molecule has 14 heteroatoms. The Morgan fingerprint density at radius 2 is 1.35 bits per heavy atom. The Labute approximate surface area is 267 Å². The molecule has 2 aromatic carbocycles. The minimum atomic E-state index is -1.60. The molecule has 0 saturated carbocycles. The fraction of sp³-hybridized carbons (Fsp3) is 0.406. The van der Waals surface area contributed by atoms with Gasteiger partial charge in [-0.3, -0.25) is 14.9 Å². The number of nitro groups is 1. The van der Waals surface area contributed by atoms with Gasteiger partial charge in [-0.05, 0) is 71.7 Å². The standard InChI is InChI=1S/C32H39N3O11/c1-9-43-27(37)25(19-22-13-11-10-12-14-22)34(30(40)46-32(6,7)8)26(36)21(2)33(29(39)45-31(3,4)5)28(38)44-20-23-15-17-24(18-16-23)35(41)42/h10-18,25H,2,9,19-20H2,1,3-8H3/t25-/m0/s1. The number of carbonyl (C=O) groups is 5. The molecule has 0 heterocycles. The third kappa shape index (κ3) is 11.0. The van der Waals surface area contributed by atoms with Crippen molar-refractivity contribution in [1.29, 1.82) is 0 Å². The highest BCUT2D eigenvalue weighted by Crippen LogP contribution is 2.23. The second-order valence-electron chi connectivity index (χ2n) is 11.9. The fourth-order valence-electron chi connectivity index (χ4n) is 3.78. The molecule has 0 N–H and O–H groups in total. The van der Waals surface area contributed by atoms with E-state index in [0.717, 1.165) is 0 Å². The van der Waals surface area contributed by atoms with Crippen LogP contribution >= 0.6 is 0 Å². The lowest BCUT2D eigenvalue weighted by molar-refractivity contribution is -0.384. The minimum Gasteiger partial charge on any atom is -0.464 e. The maximum Gasteiger partial charge on any atom is 0.424 e. The molecular weight excluding hydrogens is 602 g/mol. The number of ether oxygens (including phenoxy) is 4. The molecule has 0 radical (unpaired) electrons. The number of hydrogen-bond donors (Lipinski definition) is 0. The molecule has 0 aliphatic carbocycles. The zero-order valence-electron chi connectivity index (χ0n) is 26.9. The number of rotatable bonds is 10. The monoisotopic (exact) mass is 641 g/mol. The zero-order chi connectivity index (χ0) is 34.8. The molecule has 0 aromatic heterocycles. The summed E-state index contributed by atoms with van der Waals surface area (Å²) in [6.45, 7) is 13.8. The number of carbonyl (C=O) groups excluding carboxylic acids is 5. The van der Waals surface area contributed by atoms with Gasteiger partial charge in [0.2, 0.25) is 0 Å². The Hall–Kier alpha value is -5.27. The van der Waals surface area contributed by atoms with Gasteiger partial charge < -0.3 is 18.9 Å². The average molecular weight is 642 g/mol. The average Bonchev–Trinajstić information content (AvgIpc) is 2.94. The van der Waals surface area contributed by atoms with Crippen molar-refractivity contribution in [3.8, 4) is 0 Å². The Bertz CT molecular complexity index is 1440. The minimum absolute atomic E-state index is 0.0829. The normalized spacial score (nSPS) is 11.8. The summed E-state index contributed by atoms with van der Waals surface area (Å²) in [5, 5.41) is 11.0. The third-order valence-corrected chi connectivity index (χ3v) is 5.74. The van der Waals surface area contributed by atoms with Gasteiger partial charge in [0.05, 0.1) is 11.5 Å². The maximum atomic E-state index is 14.1. The highest BCUT2D eigenvalue weighted by Gasteiger charge is 2.43. The second-order valence-corrected chi connectivity index (χ2v) is 11.9. The summed E-state index contributed by atoms with van der Waals surface area (Å²) in [5.41, 5.74) is -2.49. The summed E-state index contributed by atoms with van der Waals surface area (Å²) in [7, 11) is 0. The van der Waals surface area contributed by atoms with Crippen molar-refractivity contribution in [2.24, 2.45) is 0 Å². The van der Waals surface area contributed by atoms with Gasteiger partial charge in [-0.15, -0.1) is 0 Å². The summed E-state index contributed by atoms with van der Waals surface area (Å²) in [4.78, 5) is 78.5. The molecule has 1 atom stereocenters. The number of amides is 4. The fourth-order valence-corrected chi connectivity index (χ4v) is 3.78. The molecule has 0 aliphatic rings. The maximum absolute atomic E-state index is 14.1. The second kappa shape index (κ2) is 15.6. The van der Waals surface area contributed by atoms with Crippen molar-refractivity contribution >= 4 is 35.8 Å². The van der Waals surface area contributed by atoms with Crippen molar-refractivity contribution in [3.63, 3.8) is 0 Å². The van der Waals surface area contributed by atoms with Crippen molar-refractivity contribution < 1.29 is 47.8 Å². The molecule has 2 aromatic rings. The Morgan fingerprint density at radius 1 is 0.804 bits per heavy atom. The molecule has 0 fully saturated rings. The molecule has 0 bridgehead atoms. The van der Waals surface area contributed by atoms with Crippen LogP contribution in [0, 0.1) is 10.1 Å². The van der Waals surface area contributed by atoms with Gasteiger partial charge in [0.15, 0.2) is 0 Å². The SMILES string of the molecule is C=C(C(=O)N(C(=O)OC(C)(C)C)[C@@H](Cc1ccccc1)C(=O)OCC)N(C(=O)OCc1ccc([N+](=O)[O-])cc1)C(=O)OC(C)(C)C. The van der Waals surface area contributed by atoms with E-state index < -0.39 is 64.6 Å². The summed E-state index contributed by atoms with van der Waals surface area (Å²) in [6.07, 6.45) is -4.24. The van der Waals surface area contributed by atoms with Gasteiger partial charge in [-0.2, -0.15) is 4.90 Å². The van der Waals surface area contributed by atoms with Crippen LogP contribution < -0.4 is 0 Å². The summed E-state index contributed by atoms with van der Waals surface area (Å²) in [5.74, 6) is -2.30. The molecule has 0 saturated heterocycles. The van der Waals surface area contributed by atoms with Gasteiger partial charge >= 0.3 is 24.2 Å². The number of benzene rings is 2. The van der Waals surface area contributed by atoms with E-state index in [1.807, 2.05) is 0 Å². The molecule has 46 heavy (non-hydrogen) atoms. The van der Waals surface area contributed by atoms with Gasteiger partial charge in [0.25, 0.3) is 11.6 Å². The van der Waals surface area contributed by atoms with E-state index in [0.29, 0.717) is 16.0 Å². The van der Waals surface area contributed by atoms with Crippen LogP contribution in [0.25, 0.3) is 0 Å². The molecule has 4 amide bonds. The zero-order valence-corrected chi connectivity index (χ0v) is 26.9. The first-order valence-electron chi connectivity index (χ1n) is 14.2. The van der Waals surface area contributed by atoms with E-state index in [4.69, 9.17) is 18.9 Å². The van der Waals surface area contributed by atoms with Crippen LogP contribution in [-0.2, 0) is 41.6 Å². The molecule has 0 unspecified atom stereocenters. The van der Waals surface area contributed by atoms with Crippen LogP contribution in [0.5, 0.6) is 0 Å². The van der Waals surface area contributed by atoms with Gasteiger partial charge in [0.1, 0.15) is 29.5 Å². The first kappa shape index (κ1) is 36.9. The molecule has 14 nitrogen and oxygen atoms in total. The van der Waals surface area contributed by atoms with Crippen LogP contribution in [0.15, 0.2) is 66.9 Å². The number of non-ortho nitro benzene ring substituents is 1. The topological polar surface area (TPSA) is 172 Å². The summed E-state index contributed by atoms with van der Waals surface area (Å²) >= 11 is 0. The van der Waals surface area contributed by atoms with E-state index in [2.05, 4.69) is 6.58 Å². The molecular formula is C32H39N3O11. The first-order valence-corrected chi connectivity index (χ1v) is 14.2.